The normalized spacial score (nSPS) is 12.4. The van der Waals surface area contributed by atoms with Crippen LogP contribution in [0.2, 0.25) is 5.02 Å². The van der Waals surface area contributed by atoms with Gasteiger partial charge in [0.15, 0.2) is 0 Å². The van der Waals surface area contributed by atoms with E-state index in [0.717, 1.165) is 18.4 Å². The molecule has 0 amide bonds. The number of hydrogen-bond acceptors (Lipinski definition) is 4. The van der Waals surface area contributed by atoms with Gasteiger partial charge in [0.05, 0.1) is 11.5 Å². The number of nitrogens with zero attached hydrogens (tertiary/aromatic N) is 1. The minimum absolute atomic E-state index is 0.0555. The first-order valence-corrected chi connectivity index (χ1v) is 6.61. The van der Waals surface area contributed by atoms with E-state index in [-0.39, 0.29) is 11.7 Å². The monoisotopic (exact) mass is 286 g/mol. The second-order valence-electron chi connectivity index (χ2n) is 4.35. The summed E-state index contributed by atoms with van der Waals surface area (Å²) in [6, 6.07) is 4.70. The molecule has 1 aromatic carbocycles. The lowest BCUT2D eigenvalue weighted by Gasteiger charge is -2.17. The van der Waals surface area contributed by atoms with Gasteiger partial charge >= 0.3 is 0 Å². The molecule has 0 aromatic heterocycles. The number of benzene rings is 1. The summed E-state index contributed by atoms with van der Waals surface area (Å²) in [5, 5.41) is 14.6. The molecule has 19 heavy (non-hydrogen) atoms. The van der Waals surface area contributed by atoms with E-state index >= 15 is 0 Å². The first-order chi connectivity index (χ1) is 9.08. The van der Waals surface area contributed by atoms with Gasteiger partial charge in [0.1, 0.15) is 0 Å². The molecule has 0 fully saturated rings. The van der Waals surface area contributed by atoms with Crippen molar-refractivity contribution < 1.29 is 9.66 Å². The zero-order valence-electron chi connectivity index (χ0n) is 11.2. The van der Waals surface area contributed by atoms with Gasteiger partial charge in [-0.15, -0.1) is 0 Å². The molecular formula is C13H19ClN2O3. The van der Waals surface area contributed by atoms with E-state index in [9.17, 15) is 10.1 Å². The zero-order valence-corrected chi connectivity index (χ0v) is 11.9. The molecule has 0 aliphatic carbocycles. The fourth-order valence-corrected chi connectivity index (χ4v) is 2.04. The summed E-state index contributed by atoms with van der Waals surface area (Å²) in [7, 11) is 1.66. The third-order valence-electron chi connectivity index (χ3n) is 2.83. The van der Waals surface area contributed by atoms with E-state index in [0.29, 0.717) is 18.2 Å². The van der Waals surface area contributed by atoms with E-state index in [1.54, 1.807) is 13.2 Å². The van der Waals surface area contributed by atoms with Crippen LogP contribution in [-0.4, -0.2) is 24.7 Å². The van der Waals surface area contributed by atoms with Gasteiger partial charge in [0, 0.05) is 36.9 Å². The zero-order chi connectivity index (χ0) is 14.3. The summed E-state index contributed by atoms with van der Waals surface area (Å²) >= 11 is 6.04. The Labute approximate surface area is 118 Å². The standard InChI is InChI=1S/C13H19ClN2O3/c1-3-4-11(9-19-2)15-8-10-7-12(16(17)18)5-6-13(10)14/h5-7,11,15H,3-4,8-9H2,1-2H3. The molecule has 0 bridgehead atoms. The number of rotatable bonds is 8. The van der Waals surface area contributed by atoms with Crippen molar-refractivity contribution in [1.29, 1.82) is 0 Å². The van der Waals surface area contributed by atoms with Crippen LogP contribution in [0.3, 0.4) is 0 Å². The van der Waals surface area contributed by atoms with Gasteiger partial charge in [0.2, 0.25) is 0 Å². The van der Waals surface area contributed by atoms with Crippen LogP contribution in [0, 0.1) is 10.1 Å². The molecule has 0 saturated carbocycles. The molecule has 1 aromatic rings. The fraction of sp³-hybridized carbons (Fsp3) is 0.538. The Morgan fingerprint density at radius 1 is 1.53 bits per heavy atom. The minimum atomic E-state index is -0.418. The lowest BCUT2D eigenvalue weighted by molar-refractivity contribution is -0.384. The van der Waals surface area contributed by atoms with Gasteiger partial charge in [-0.25, -0.2) is 0 Å². The molecule has 5 nitrogen and oxygen atoms in total. The van der Waals surface area contributed by atoms with E-state index in [1.165, 1.54) is 12.1 Å². The van der Waals surface area contributed by atoms with Crippen LogP contribution in [0.15, 0.2) is 18.2 Å². The molecule has 6 heteroatoms. The molecule has 0 aliphatic rings. The van der Waals surface area contributed by atoms with Crippen LogP contribution in [0.25, 0.3) is 0 Å². The van der Waals surface area contributed by atoms with Crippen LogP contribution < -0.4 is 5.32 Å². The summed E-state index contributed by atoms with van der Waals surface area (Å²) in [5.74, 6) is 0. The van der Waals surface area contributed by atoms with Gasteiger partial charge in [-0.05, 0) is 18.1 Å². The molecular weight excluding hydrogens is 268 g/mol. The lowest BCUT2D eigenvalue weighted by atomic mass is 10.1. The molecule has 1 N–H and O–H groups in total. The molecule has 1 unspecified atom stereocenters. The van der Waals surface area contributed by atoms with Gasteiger partial charge in [-0.2, -0.15) is 0 Å². The average molecular weight is 287 g/mol. The van der Waals surface area contributed by atoms with E-state index in [1.807, 2.05) is 0 Å². The Bertz CT molecular complexity index is 420. The fourth-order valence-electron chi connectivity index (χ4n) is 1.86. The maximum Gasteiger partial charge on any atom is 0.269 e. The first kappa shape index (κ1) is 15.9. The highest BCUT2D eigenvalue weighted by Gasteiger charge is 2.12. The molecule has 0 heterocycles. The molecule has 0 aliphatic heterocycles. The minimum Gasteiger partial charge on any atom is -0.383 e. The Balaban J connectivity index is 2.69. The molecule has 1 atom stereocenters. The summed E-state index contributed by atoms with van der Waals surface area (Å²) in [6.07, 6.45) is 2.03. The summed E-state index contributed by atoms with van der Waals surface area (Å²) in [5.41, 5.74) is 0.785. The van der Waals surface area contributed by atoms with Gasteiger partial charge in [-0.1, -0.05) is 24.9 Å². The van der Waals surface area contributed by atoms with Crippen molar-refractivity contribution in [2.24, 2.45) is 0 Å². The number of ether oxygens (including phenoxy) is 1. The molecule has 0 saturated heterocycles. The molecule has 0 radical (unpaired) electrons. The Kier molecular flexibility index (Phi) is 6.77. The molecule has 1 rings (SSSR count). The number of non-ortho nitro benzene ring substituents is 1. The number of nitrogens with one attached hydrogen (secondary N) is 1. The number of hydrogen-bond donors (Lipinski definition) is 1. The average Bonchev–Trinajstić information content (AvgIpc) is 2.37. The highest BCUT2D eigenvalue weighted by molar-refractivity contribution is 6.31. The van der Waals surface area contributed by atoms with E-state index in [2.05, 4.69) is 12.2 Å². The number of nitro groups is 1. The SMILES string of the molecule is CCCC(COC)NCc1cc([N+](=O)[O-])ccc1Cl. The highest BCUT2D eigenvalue weighted by atomic mass is 35.5. The van der Waals surface area contributed by atoms with Crippen LogP contribution >= 0.6 is 11.6 Å². The van der Waals surface area contributed by atoms with E-state index in [4.69, 9.17) is 16.3 Å². The topological polar surface area (TPSA) is 64.4 Å². The maximum absolute atomic E-state index is 10.7. The van der Waals surface area contributed by atoms with Crippen molar-refractivity contribution in [3.05, 3.63) is 38.9 Å². The van der Waals surface area contributed by atoms with Crippen LogP contribution in [0.1, 0.15) is 25.3 Å². The molecule has 0 spiro atoms. The summed E-state index contributed by atoms with van der Waals surface area (Å²) in [6.45, 7) is 3.21. The predicted octanol–water partition coefficient (Wildman–Crippen LogP) is 3.15. The van der Waals surface area contributed by atoms with Gasteiger partial charge < -0.3 is 10.1 Å². The quantitative estimate of drug-likeness (QED) is 0.589. The van der Waals surface area contributed by atoms with Crippen molar-refractivity contribution in [2.75, 3.05) is 13.7 Å². The Morgan fingerprint density at radius 2 is 2.26 bits per heavy atom. The largest absolute Gasteiger partial charge is 0.383 e. The summed E-state index contributed by atoms with van der Waals surface area (Å²) in [4.78, 5) is 10.3. The molecule has 106 valence electrons. The van der Waals surface area contributed by atoms with Gasteiger partial charge in [0.25, 0.3) is 5.69 Å². The Morgan fingerprint density at radius 3 is 2.84 bits per heavy atom. The van der Waals surface area contributed by atoms with Crippen LogP contribution in [-0.2, 0) is 11.3 Å². The van der Waals surface area contributed by atoms with E-state index < -0.39 is 4.92 Å². The van der Waals surface area contributed by atoms with Crippen LogP contribution in [0.5, 0.6) is 0 Å². The highest BCUT2D eigenvalue weighted by Crippen LogP contribution is 2.22. The van der Waals surface area contributed by atoms with Crippen LogP contribution in [0.4, 0.5) is 5.69 Å². The van der Waals surface area contributed by atoms with Crippen molar-refractivity contribution in [1.82, 2.24) is 5.32 Å². The second-order valence-corrected chi connectivity index (χ2v) is 4.76. The number of nitro benzene ring substituents is 1. The van der Waals surface area contributed by atoms with Gasteiger partial charge in [-0.3, -0.25) is 10.1 Å². The third-order valence-corrected chi connectivity index (χ3v) is 3.20. The number of methoxy groups -OCH3 is 1. The van der Waals surface area contributed by atoms with Crippen molar-refractivity contribution >= 4 is 17.3 Å². The maximum atomic E-state index is 10.7. The third kappa shape index (κ3) is 5.14. The summed E-state index contributed by atoms with van der Waals surface area (Å²) < 4.78 is 5.13. The van der Waals surface area contributed by atoms with Crippen molar-refractivity contribution in [3.63, 3.8) is 0 Å². The predicted molar refractivity (Wildman–Crippen MR) is 75.5 cm³/mol. The second kappa shape index (κ2) is 8.09. The number of halogens is 1. The first-order valence-electron chi connectivity index (χ1n) is 6.23. The van der Waals surface area contributed by atoms with Crippen molar-refractivity contribution in [2.45, 2.75) is 32.4 Å². The van der Waals surface area contributed by atoms with Crippen molar-refractivity contribution in [3.8, 4) is 0 Å². The lowest BCUT2D eigenvalue weighted by Crippen LogP contribution is -2.32. The smallest absolute Gasteiger partial charge is 0.269 e. The Hall–Kier alpha value is -1.17.